The van der Waals surface area contributed by atoms with E-state index in [4.69, 9.17) is 14.6 Å². The summed E-state index contributed by atoms with van der Waals surface area (Å²) in [6, 6.07) is 16.3. The number of anilines is 1. The molecule has 5 rings (SSSR count). The Labute approximate surface area is 324 Å². The molecule has 0 aliphatic heterocycles. The number of aromatic nitrogens is 2. The molecule has 3 aromatic carbocycles. The van der Waals surface area contributed by atoms with Crippen LogP contribution in [0.1, 0.15) is 45.9 Å². The molecule has 0 aliphatic rings. The van der Waals surface area contributed by atoms with Crippen molar-refractivity contribution in [3.05, 3.63) is 112 Å². The summed E-state index contributed by atoms with van der Waals surface area (Å²) in [6.07, 6.45) is -6.38. The number of hydrogen-bond donors (Lipinski definition) is 4. The number of fused-ring (bicyclic) bond motifs is 1. The minimum atomic E-state index is -5.19. The molecule has 0 radical (unpaired) electrons. The monoisotopic (exact) mass is 823 g/mol. The molecule has 0 unspecified atom stereocenters. The molecule has 0 fully saturated rings. The molecule has 0 saturated heterocycles. The number of hydrogen-bond acceptors (Lipinski definition) is 9. The summed E-state index contributed by atoms with van der Waals surface area (Å²) in [5.74, 6) is -4.25. The number of rotatable bonds is 12. The number of phenolic OH excluding ortho intramolecular Hbond substituents is 1. The van der Waals surface area contributed by atoms with E-state index >= 15 is 0 Å². The average Bonchev–Trinajstić information content (AvgIpc) is 3.63. The van der Waals surface area contributed by atoms with Gasteiger partial charge in [0, 0.05) is 17.0 Å². The molecule has 2 heterocycles. The Morgan fingerprint density at radius 1 is 0.895 bits per heavy atom. The fraction of sp³-hybridized carbons (Fsp3) is 0.270. The van der Waals surface area contributed by atoms with Crippen LogP contribution < -0.4 is 30.2 Å². The summed E-state index contributed by atoms with van der Waals surface area (Å²) >= 11 is 1.52. The number of nitrogens with zero attached hydrogens (tertiary/aromatic N) is 2. The maximum atomic E-state index is 13.6. The van der Waals surface area contributed by atoms with E-state index in [0.29, 0.717) is 34.6 Å². The van der Waals surface area contributed by atoms with Crippen LogP contribution in [0.25, 0.3) is 4.96 Å². The molecule has 13 nitrogen and oxygen atoms in total. The summed E-state index contributed by atoms with van der Waals surface area (Å²) in [4.78, 5) is 49.5. The molecule has 20 heteroatoms. The molecule has 57 heavy (non-hydrogen) atoms. The maximum Gasteiger partial charge on any atom is 0.573 e. The number of halogens is 6. The molecule has 5 aromatic rings. The first-order valence-electron chi connectivity index (χ1n) is 16.7. The molecular weight excluding hydrogens is 788 g/mol. The first-order chi connectivity index (χ1) is 26.7. The number of phenols is 1. The Balaban J connectivity index is 0.000000940. The van der Waals surface area contributed by atoms with Gasteiger partial charge in [0.25, 0.3) is 0 Å². The van der Waals surface area contributed by atoms with Crippen molar-refractivity contribution in [2.45, 2.75) is 65.0 Å². The number of ether oxygens (including phenoxy) is 2. The molecule has 304 valence electrons. The highest BCUT2D eigenvalue weighted by molar-refractivity contribution is 7.16. The number of aromatic hydroxyl groups is 1. The van der Waals surface area contributed by atoms with Crippen LogP contribution in [0.4, 0.5) is 36.8 Å². The quantitative estimate of drug-likeness (QED) is 0.0759. The smallest absolute Gasteiger partial charge is 0.542 e. The van der Waals surface area contributed by atoms with Crippen LogP contribution >= 0.6 is 11.3 Å². The van der Waals surface area contributed by atoms with Gasteiger partial charge in [-0.1, -0.05) is 35.6 Å². The lowest BCUT2D eigenvalue weighted by Gasteiger charge is -2.19. The van der Waals surface area contributed by atoms with E-state index in [2.05, 4.69) is 20.7 Å². The first kappa shape index (κ1) is 43.4. The highest BCUT2D eigenvalue weighted by Gasteiger charge is 2.31. The number of aryl methyl sites for hydroxylation is 1. The molecule has 0 bridgehead atoms. The Morgan fingerprint density at radius 2 is 1.49 bits per heavy atom. The van der Waals surface area contributed by atoms with Crippen molar-refractivity contribution < 1.29 is 69.6 Å². The number of esters is 1. The summed E-state index contributed by atoms with van der Waals surface area (Å²) in [5, 5.41) is 26.8. The van der Waals surface area contributed by atoms with Crippen LogP contribution in [0.2, 0.25) is 0 Å². The van der Waals surface area contributed by atoms with Gasteiger partial charge >= 0.3 is 29.5 Å². The lowest BCUT2D eigenvalue weighted by molar-refractivity contribution is -0.506. The number of nitrogens with one attached hydrogen (secondary N) is 3. The Morgan fingerprint density at radius 3 is 2.05 bits per heavy atom. The molecule has 0 saturated carbocycles. The Kier molecular flexibility index (Phi) is 14.1. The van der Waals surface area contributed by atoms with E-state index in [1.54, 1.807) is 50.2 Å². The number of urea groups is 1. The molecular formula is C37H35F6N5O8S. The Hall–Kier alpha value is -6.31. The van der Waals surface area contributed by atoms with Gasteiger partial charge in [-0.05, 0) is 80.4 Å². The van der Waals surface area contributed by atoms with E-state index in [0.717, 1.165) is 9.84 Å². The number of benzene rings is 3. The van der Waals surface area contributed by atoms with Crippen LogP contribution in [0.3, 0.4) is 0 Å². The average molecular weight is 824 g/mol. The van der Waals surface area contributed by atoms with Crippen molar-refractivity contribution in [3.63, 3.8) is 0 Å². The van der Waals surface area contributed by atoms with Gasteiger partial charge in [0.2, 0.25) is 5.91 Å². The van der Waals surface area contributed by atoms with Gasteiger partial charge in [-0.2, -0.15) is 17.6 Å². The van der Waals surface area contributed by atoms with Gasteiger partial charge in [0.15, 0.2) is 5.69 Å². The zero-order valence-electron chi connectivity index (χ0n) is 30.2. The fourth-order valence-electron chi connectivity index (χ4n) is 5.08. The summed E-state index contributed by atoms with van der Waals surface area (Å²) in [7, 11) is 0. The summed E-state index contributed by atoms with van der Waals surface area (Å²) in [5.41, 5.74) is 2.81. The second-order valence-corrected chi connectivity index (χ2v) is 13.7. The lowest BCUT2D eigenvalue weighted by Crippen LogP contribution is -2.49. The highest BCUT2D eigenvalue weighted by atomic mass is 32.1. The normalized spacial score (nSPS) is 12.0. The second-order valence-electron chi connectivity index (χ2n) is 12.5. The minimum absolute atomic E-state index is 0.0529. The predicted octanol–water partition coefficient (Wildman–Crippen LogP) is 5.16. The van der Waals surface area contributed by atoms with Gasteiger partial charge in [-0.3, -0.25) is 4.79 Å². The first-order valence-corrected chi connectivity index (χ1v) is 17.6. The third-order valence-corrected chi connectivity index (χ3v) is 8.59. The van der Waals surface area contributed by atoms with Gasteiger partial charge in [0.1, 0.15) is 42.4 Å². The van der Waals surface area contributed by atoms with E-state index in [1.165, 1.54) is 47.7 Å². The Bertz CT molecular complexity index is 2170. The molecule has 0 spiro atoms. The van der Waals surface area contributed by atoms with Crippen LogP contribution in [0.5, 0.6) is 11.5 Å². The van der Waals surface area contributed by atoms with Gasteiger partial charge < -0.3 is 40.4 Å². The number of carboxylic acid groups (broad SMARTS) is 1. The van der Waals surface area contributed by atoms with E-state index < -0.39 is 42.5 Å². The number of aliphatic carboxylic acids is 1. The van der Waals surface area contributed by atoms with Crippen molar-refractivity contribution >= 4 is 45.9 Å². The van der Waals surface area contributed by atoms with E-state index in [9.17, 15) is 45.8 Å². The number of carbonyl (C=O) groups is 4. The van der Waals surface area contributed by atoms with Gasteiger partial charge in [0.05, 0.1) is 18.2 Å². The van der Waals surface area contributed by atoms with Crippen molar-refractivity contribution in [2.75, 3.05) is 5.32 Å². The molecule has 1 atom stereocenters. The van der Waals surface area contributed by atoms with Crippen LogP contribution in [0, 0.1) is 6.92 Å². The minimum Gasteiger partial charge on any atom is -0.542 e. The predicted molar refractivity (Wildman–Crippen MR) is 190 cm³/mol. The van der Waals surface area contributed by atoms with Crippen LogP contribution in [-0.2, 0) is 33.8 Å². The number of imidazole rings is 1. The summed E-state index contributed by atoms with van der Waals surface area (Å²) in [6.45, 7) is 5.81. The molecule has 3 amide bonds. The van der Waals surface area contributed by atoms with E-state index in [-0.39, 0.29) is 30.6 Å². The van der Waals surface area contributed by atoms with Crippen LogP contribution in [-0.4, -0.2) is 58.2 Å². The second kappa shape index (κ2) is 18.5. The highest BCUT2D eigenvalue weighted by Crippen LogP contribution is 2.24. The van der Waals surface area contributed by atoms with Crippen molar-refractivity contribution in [1.29, 1.82) is 0 Å². The number of carboxylic acids is 1. The lowest BCUT2D eigenvalue weighted by atomic mass is 10.0. The molecule has 4 N–H and O–H groups in total. The number of thiazole rings is 1. The topological polar surface area (TPSA) is 175 Å². The third kappa shape index (κ3) is 13.4. The van der Waals surface area contributed by atoms with Crippen molar-refractivity contribution in [2.24, 2.45) is 0 Å². The van der Waals surface area contributed by atoms with Gasteiger partial charge in [-0.25, -0.2) is 14.2 Å². The SMILES string of the molecule is Cc1c[n+]2cc(CNC(=O)[C@H](Cc3ccc(O)cc3)NC(=O)Nc3ccc(C(=O)OC(C)C)cc3)n(Cc3ccc(OC(F)(F)F)cc3)c2s1.O=C([O-])C(F)(F)F. The van der Waals surface area contributed by atoms with E-state index in [1.807, 2.05) is 28.3 Å². The largest absolute Gasteiger partial charge is 0.573 e. The standard InChI is InChI=1S/C35H34F3N5O6S.C2HF3O2/c1-21(2)48-32(46)25-8-10-26(11-9-25)40-33(47)41-30(16-23-4-12-28(44)13-5-23)31(45)39-17-27-20-42-18-22(3)50-34(42)43(27)19-24-6-14-29(15-7-24)49-35(36,37)38;3-2(4,5)1(6)7/h4-15,18,20-21,30H,16-17,19H2,1-3H3,(H3-,39,40,41,44,45,46,47);(H,6,7)/t30-;/m0./s1. The number of alkyl halides is 6. The zero-order valence-corrected chi connectivity index (χ0v) is 31.1. The molecule has 2 aromatic heterocycles. The van der Waals surface area contributed by atoms with Crippen LogP contribution in [0.15, 0.2) is 85.2 Å². The molecule has 0 aliphatic carbocycles. The fourth-order valence-corrected chi connectivity index (χ4v) is 6.04. The number of carbonyl (C=O) groups excluding carboxylic acids is 4. The third-order valence-electron chi connectivity index (χ3n) is 7.55. The van der Waals surface area contributed by atoms with Crippen molar-refractivity contribution in [1.82, 2.24) is 15.2 Å². The summed E-state index contributed by atoms with van der Waals surface area (Å²) < 4.78 is 82.5. The van der Waals surface area contributed by atoms with Gasteiger partial charge in [-0.15, -0.1) is 13.2 Å². The zero-order chi connectivity index (χ0) is 42.1. The van der Waals surface area contributed by atoms with Crippen molar-refractivity contribution in [3.8, 4) is 11.5 Å². The maximum absolute atomic E-state index is 13.6. The number of amides is 3.